The van der Waals surface area contributed by atoms with Crippen LogP contribution in [0.15, 0.2) is 30.5 Å². The van der Waals surface area contributed by atoms with Gasteiger partial charge in [-0.1, -0.05) is 24.3 Å². The molecule has 0 radical (unpaired) electrons. The van der Waals surface area contributed by atoms with Crippen molar-refractivity contribution in [3.63, 3.8) is 0 Å². The Morgan fingerprint density at radius 2 is 2.05 bits per heavy atom. The number of anilines is 1. The van der Waals surface area contributed by atoms with E-state index in [0.29, 0.717) is 11.4 Å². The Bertz CT molecular complexity index is 735. The van der Waals surface area contributed by atoms with E-state index in [-0.39, 0.29) is 6.04 Å². The average molecular weight is 298 g/mol. The van der Waals surface area contributed by atoms with Crippen LogP contribution >= 0.6 is 0 Å². The minimum absolute atomic E-state index is 0.0931. The predicted octanol–water partition coefficient (Wildman–Crippen LogP) is 1.47. The topological polar surface area (TPSA) is 76.0 Å². The van der Waals surface area contributed by atoms with Gasteiger partial charge >= 0.3 is 11.8 Å². The molecular formula is C16H18N4O2. The molecule has 1 unspecified atom stereocenters. The molecule has 1 aliphatic rings. The molecule has 0 saturated carbocycles. The number of nitrogens with one attached hydrogen (secondary N) is 2. The maximum Gasteiger partial charge on any atom is 0.313 e. The number of aryl methyl sites for hydroxylation is 3. The second kappa shape index (κ2) is 5.63. The molecule has 0 aliphatic heterocycles. The van der Waals surface area contributed by atoms with E-state index < -0.39 is 11.8 Å². The maximum atomic E-state index is 12.1. The van der Waals surface area contributed by atoms with Gasteiger partial charge < -0.3 is 10.6 Å². The van der Waals surface area contributed by atoms with Gasteiger partial charge in [0.2, 0.25) is 0 Å². The van der Waals surface area contributed by atoms with E-state index in [0.717, 1.165) is 18.4 Å². The molecule has 1 aromatic carbocycles. The van der Waals surface area contributed by atoms with Gasteiger partial charge in [0, 0.05) is 13.2 Å². The number of hydrogen-bond donors (Lipinski definition) is 2. The molecule has 0 fully saturated rings. The van der Waals surface area contributed by atoms with Crippen LogP contribution in [-0.2, 0) is 23.1 Å². The van der Waals surface area contributed by atoms with Crippen LogP contribution in [0.5, 0.6) is 0 Å². The summed E-state index contributed by atoms with van der Waals surface area (Å²) in [6.45, 7) is 1.78. The Kier molecular flexibility index (Phi) is 3.66. The molecule has 1 atom stereocenters. The van der Waals surface area contributed by atoms with Crippen molar-refractivity contribution < 1.29 is 9.59 Å². The molecule has 6 nitrogen and oxygen atoms in total. The molecular weight excluding hydrogens is 280 g/mol. The highest BCUT2D eigenvalue weighted by Crippen LogP contribution is 2.30. The maximum absolute atomic E-state index is 12.1. The average Bonchev–Trinajstić information content (AvgIpc) is 3.03. The van der Waals surface area contributed by atoms with Crippen molar-refractivity contribution in [2.75, 3.05) is 5.32 Å². The van der Waals surface area contributed by atoms with Gasteiger partial charge in [0.05, 0.1) is 17.4 Å². The van der Waals surface area contributed by atoms with Crippen molar-refractivity contribution in [1.82, 2.24) is 15.1 Å². The summed E-state index contributed by atoms with van der Waals surface area (Å²) in [5.74, 6) is -1.29. The molecule has 2 N–H and O–H groups in total. The number of carbonyl (C=O) groups is 2. The summed E-state index contributed by atoms with van der Waals surface area (Å²) in [4.78, 5) is 24.1. The summed E-state index contributed by atoms with van der Waals surface area (Å²) < 4.78 is 1.59. The lowest BCUT2D eigenvalue weighted by atomic mass is 10.1. The van der Waals surface area contributed by atoms with Crippen molar-refractivity contribution in [2.45, 2.75) is 25.8 Å². The van der Waals surface area contributed by atoms with Crippen LogP contribution in [0.4, 0.5) is 5.69 Å². The molecule has 22 heavy (non-hydrogen) atoms. The third kappa shape index (κ3) is 2.72. The Morgan fingerprint density at radius 3 is 2.77 bits per heavy atom. The molecule has 1 heterocycles. The molecule has 6 heteroatoms. The van der Waals surface area contributed by atoms with E-state index in [1.54, 1.807) is 24.9 Å². The standard InChI is InChI=1S/C16H18N4O2/c1-10-14(9-20(2)19-10)18-16(22)15(21)17-13-8-7-11-5-3-4-6-12(11)13/h3-6,9,13H,7-8H2,1-2H3,(H,17,21)(H,18,22). The van der Waals surface area contributed by atoms with E-state index in [4.69, 9.17) is 0 Å². The van der Waals surface area contributed by atoms with Gasteiger partial charge in [0.1, 0.15) is 0 Å². The highest BCUT2D eigenvalue weighted by molar-refractivity contribution is 6.39. The SMILES string of the molecule is Cc1nn(C)cc1NC(=O)C(=O)NC1CCc2ccccc21. The third-order valence-corrected chi connectivity index (χ3v) is 3.91. The Morgan fingerprint density at radius 1 is 1.27 bits per heavy atom. The number of benzene rings is 1. The molecule has 114 valence electrons. The number of hydrogen-bond acceptors (Lipinski definition) is 3. The van der Waals surface area contributed by atoms with Crippen LogP contribution < -0.4 is 10.6 Å². The zero-order chi connectivity index (χ0) is 15.7. The first-order valence-corrected chi connectivity index (χ1v) is 7.24. The first-order valence-electron chi connectivity index (χ1n) is 7.24. The normalized spacial score (nSPS) is 16.2. The summed E-state index contributed by atoms with van der Waals surface area (Å²) in [7, 11) is 1.76. The van der Waals surface area contributed by atoms with Crippen LogP contribution in [0.2, 0.25) is 0 Å². The molecule has 1 aromatic heterocycles. The second-order valence-electron chi connectivity index (χ2n) is 5.52. The van der Waals surface area contributed by atoms with Crippen LogP contribution in [-0.4, -0.2) is 21.6 Å². The molecule has 0 bridgehead atoms. The minimum Gasteiger partial charge on any atom is -0.341 e. The van der Waals surface area contributed by atoms with Crippen LogP contribution in [0, 0.1) is 6.92 Å². The lowest BCUT2D eigenvalue weighted by Crippen LogP contribution is -2.37. The Labute approximate surface area is 128 Å². The number of rotatable bonds is 2. The fourth-order valence-corrected chi connectivity index (χ4v) is 2.83. The summed E-state index contributed by atoms with van der Waals surface area (Å²) in [6.07, 6.45) is 3.42. The number of fused-ring (bicyclic) bond motifs is 1. The summed E-state index contributed by atoms with van der Waals surface area (Å²) in [5.41, 5.74) is 3.56. The third-order valence-electron chi connectivity index (χ3n) is 3.91. The number of amides is 2. The Balaban J connectivity index is 1.65. The van der Waals surface area contributed by atoms with E-state index in [9.17, 15) is 9.59 Å². The molecule has 2 aromatic rings. The van der Waals surface area contributed by atoms with Gasteiger partial charge in [0.15, 0.2) is 0 Å². The van der Waals surface area contributed by atoms with Crippen LogP contribution in [0.3, 0.4) is 0 Å². The quantitative estimate of drug-likeness (QED) is 0.824. The lowest BCUT2D eigenvalue weighted by Gasteiger charge is -2.13. The molecule has 2 amide bonds. The molecule has 0 saturated heterocycles. The Hall–Kier alpha value is -2.63. The van der Waals surface area contributed by atoms with Crippen LogP contribution in [0.25, 0.3) is 0 Å². The first-order chi connectivity index (χ1) is 10.5. The van der Waals surface area contributed by atoms with E-state index in [1.807, 2.05) is 18.2 Å². The van der Waals surface area contributed by atoms with Gasteiger partial charge in [-0.15, -0.1) is 0 Å². The summed E-state index contributed by atoms with van der Waals surface area (Å²) in [6, 6.07) is 7.89. The van der Waals surface area contributed by atoms with Crippen molar-refractivity contribution in [2.24, 2.45) is 7.05 Å². The van der Waals surface area contributed by atoms with E-state index in [1.165, 1.54) is 5.56 Å². The van der Waals surface area contributed by atoms with Gasteiger partial charge in [0.25, 0.3) is 0 Å². The molecule has 3 rings (SSSR count). The monoisotopic (exact) mass is 298 g/mol. The van der Waals surface area contributed by atoms with Gasteiger partial charge in [-0.3, -0.25) is 14.3 Å². The number of carbonyl (C=O) groups excluding carboxylic acids is 2. The second-order valence-corrected chi connectivity index (χ2v) is 5.52. The molecule has 1 aliphatic carbocycles. The zero-order valence-corrected chi connectivity index (χ0v) is 12.6. The van der Waals surface area contributed by atoms with Crippen molar-refractivity contribution >= 4 is 17.5 Å². The zero-order valence-electron chi connectivity index (χ0n) is 12.6. The smallest absolute Gasteiger partial charge is 0.313 e. The van der Waals surface area contributed by atoms with Crippen molar-refractivity contribution in [3.05, 3.63) is 47.3 Å². The first kappa shape index (κ1) is 14.3. The van der Waals surface area contributed by atoms with Gasteiger partial charge in [-0.25, -0.2) is 0 Å². The predicted molar refractivity (Wildman–Crippen MR) is 82.2 cm³/mol. The lowest BCUT2D eigenvalue weighted by molar-refractivity contribution is -0.136. The molecule has 0 spiro atoms. The largest absolute Gasteiger partial charge is 0.341 e. The number of aromatic nitrogens is 2. The van der Waals surface area contributed by atoms with Gasteiger partial charge in [-0.2, -0.15) is 5.10 Å². The fraction of sp³-hybridized carbons (Fsp3) is 0.312. The van der Waals surface area contributed by atoms with Crippen molar-refractivity contribution in [3.8, 4) is 0 Å². The van der Waals surface area contributed by atoms with Crippen molar-refractivity contribution in [1.29, 1.82) is 0 Å². The highest BCUT2D eigenvalue weighted by Gasteiger charge is 2.26. The van der Waals surface area contributed by atoms with Crippen LogP contribution in [0.1, 0.15) is 29.3 Å². The summed E-state index contributed by atoms with van der Waals surface area (Å²) in [5, 5.41) is 9.52. The minimum atomic E-state index is -0.666. The fourth-order valence-electron chi connectivity index (χ4n) is 2.83. The number of nitrogens with zero attached hydrogens (tertiary/aromatic N) is 2. The highest BCUT2D eigenvalue weighted by atomic mass is 16.2. The van der Waals surface area contributed by atoms with E-state index >= 15 is 0 Å². The summed E-state index contributed by atoms with van der Waals surface area (Å²) >= 11 is 0. The van der Waals surface area contributed by atoms with E-state index in [2.05, 4.69) is 21.8 Å². The van der Waals surface area contributed by atoms with Gasteiger partial charge in [-0.05, 0) is 30.9 Å².